The Bertz CT molecular complexity index is 560. The molecule has 2 heterocycles. The van der Waals surface area contributed by atoms with E-state index in [1.165, 1.54) is 0 Å². The molecule has 1 amide bonds. The summed E-state index contributed by atoms with van der Waals surface area (Å²) in [5, 5.41) is 12.4. The molecule has 5 nitrogen and oxygen atoms in total. The van der Waals surface area contributed by atoms with E-state index in [0.717, 1.165) is 24.4 Å². The van der Waals surface area contributed by atoms with Crippen LogP contribution in [0.15, 0.2) is 24.3 Å². The Hall–Kier alpha value is -2.06. The summed E-state index contributed by atoms with van der Waals surface area (Å²) in [6, 6.07) is 9.98. The van der Waals surface area contributed by atoms with E-state index in [2.05, 4.69) is 16.3 Å². The molecular weight excluding hydrogens is 266 g/mol. The number of amides is 1. The quantitative estimate of drug-likeness (QED) is 0.883. The van der Waals surface area contributed by atoms with Crippen LogP contribution in [0, 0.1) is 11.3 Å². The average molecular weight is 285 g/mol. The van der Waals surface area contributed by atoms with Gasteiger partial charge < -0.3 is 15.0 Å². The summed E-state index contributed by atoms with van der Waals surface area (Å²) in [7, 11) is 2.03. The van der Waals surface area contributed by atoms with Crippen LogP contribution in [0.2, 0.25) is 0 Å². The summed E-state index contributed by atoms with van der Waals surface area (Å²) in [4.78, 5) is 14.6. The molecule has 3 rings (SSSR count). The number of hydrogen-bond acceptors (Lipinski definition) is 4. The fourth-order valence-corrected chi connectivity index (χ4v) is 2.91. The van der Waals surface area contributed by atoms with Crippen molar-refractivity contribution in [1.29, 1.82) is 5.26 Å². The highest BCUT2D eigenvalue weighted by Gasteiger charge is 2.38. The second-order valence-corrected chi connectivity index (χ2v) is 5.90. The number of carbonyl (C=O) groups is 1. The Morgan fingerprint density at radius 3 is 2.81 bits per heavy atom. The van der Waals surface area contributed by atoms with Crippen molar-refractivity contribution >= 4 is 5.91 Å². The SMILES string of the molecule is CN1CCC(C#N)(NC(=O)C2Cc3ccccc3O2)CC1. The molecule has 0 spiro atoms. The molecule has 2 aliphatic rings. The predicted octanol–water partition coefficient (Wildman–Crippen LogP) is 1.09. The van der Waals surface area contributed by atoms with Crippen molar-refractivity contribution in [3.05, 3.63) is 29.8 Å². The van der Waals surface area contributed by atoms with E-state index in [1.54, 1.807) is 0 Å². The molecule has 110 valence electrons. The number of hydrogen-bond donors (Lipinski definition) is 1. The fraction of sp³-hybridized carbons (Fsp3) is 0.500. The maximum Gasteiger partial charge on any atom is 0.262 e. The molecular formula is C16H19N3O2. The highest BCUT2D eigenvalue weighted by molar-refractivity contribution is 5.83. The largest absolute Gasteiger partial charge is 0.480 e. The van der Waals surface area contributed by atoms with Gasteiger partial charge in [0.15, 0.2) is 6.10 Å². The third-order valence-electron chi connectivity index (χ3n) is 4.36. The topological polar surface area (TPSA) is 65.4 Å². The lowest BCUT2D eigenvalue weighted by atomic mass is 9.89. The van der Waals surface area contributed by atoms with Crippen molar-refractivity contribution in [2.24, 2.45) is 0 Å². The van der Waals surface area contributed by atoms with E-state index >= 15 is 0 Å². The fourth-order valence-electron chi connectivity index (χ4n) is 2.91. The third-order valence-corrected chi connectivity index (χ3v) is 4.36. The van der Waals surface area contributed by atoms with E-state index in [0.29, 0.717) is 19.3 Å². The molecule has 0 aliphatic carbocycles. The lowest BCUT2D eigenvalue weighted by Gasteiger charge is -2.36. The number of para-hydroxylation sites is 1. The summed E-state index contributed by atoms with van der Waals surface area (Å²) in [6.07, 6.45) is 1.37. The molecule has 1 atom stereocenters. The van der Waals surface area contributed by atoms with Gasteiger partial charge in [0.2, 0.25) is 0 Å². The van der Waals surface area contributed by atoms with Crippen LogP contribution in [-0.4, -0.2) is 42.6 Å². The minimum atomic E-state index is -0.748. The van der Waals surface area contributed by atoms with Crippen molar-refractivity contribution in [3.8, 4) is 11.8 Å². The summed E-state index contributed by atoms with van der Waals surface area (Å²) >= 11 is 0. The van der Waals surface area contributed by atoms with Crippen LogP contribution in [0.25, 0.3) is 0 Å². The molecule has 1 saturated heterocycles. The van der Waals surface area contributed by atoms with Gasteiger partial charge in [-0.15, -0.1) is 0 Å². The molecule has 1 N–H and O–H groups in total. The predicted molar refractivity (Wildman–Crippen MR) is 77.8 cm³/mol. The Morgan fingerprint density at radius 2 is 2.14 bits per heavy atom. The van der Waals surface area contributed by atoms with Gasteiger partial charge in [0, 0.05) is 19.5 Å². The normalized spacial score (nSPS) is 23.7. The molecule has 1 unspecified atom stereocenters. The molecule has 21 heavy (non-hydrogen) atoms. The first kappa shape index (κ1) is 13.9. The first-order valence-corrected chi connectivity index (χ1v) is 7.28. The number of carbonyl (C=O) groups excluding carboxylic acids is 1. The molecule has 0 radical (unpaired) electrons. The first-order chi connectivity index (χ1) is 10.1. The van der Waals surface area contributed by atoms with E-state index in [1.807, 2.05) is 31.3 Å². The Labute approximate surface area is 124 Å². The summed E-state index contributed by atoms with van der Waals surface area (Å²) < 4.78 is 5.69. The zero-order chi connectivity index (χ0) is 14.9. The van der Waals surface area contributed by atoms with Gasteiger partial charge >= 0.3 is 0 Å². The van der Waals surface area contributed by atoms with Gasteiger partial charge in [-0.2, -0.15) is 5.26 Å². The monoisotopic (exact) mass is 285 g/mol. The van der Waals surface area contributed by atoms with Gasteiger partial charge in [0.05, 0.1) is 6.07 Å². The second-order valence-electron chi connectivity index (χ2n) is 5.90. The van der Waals surface area contributed by atoms with E-state index < -0.39 is 11.6 Å². The Balaban J connectivity index is 1.66. The van der Waals surface area contributed by atoms with Gasteiger partial charge in [-0.3, -0.25) is 4.79 Å². The maximum absolute atomic E-state index is 12.4. The number of ether oxygens (including phenoxy) is 1. The van der Waals surface area contributed by atoms with Gasteiger partial charge in [0.1, 0.15) is 11.3 Å². The number of nitrogens with zero attached hydrogens (tertiary/aromatic N) is 2. The van der Waals surface area contributed by atoms with Crippen LogP contribution < -0.4 is 10.1 Å². The Kier molecular flexibility index (Phi) is 3.56. The zero-order valence-electron chi connectivity index (χ0n) is 12.1. The third kappa shape index (κ3) is 2.72. The Morgan fingerprint density at radius 1 is 1.43 bits per heavy atom. The molecule has 2 aliphatic heterocycles. The van der Waals surface area contributed by atoms with Gasteiger partial charge in [-0.1, -0.05) is 18.2 Å². The van der Waals surface area contributed by atoms with Crippen LogP contribution in [0.5, 0.6) is 5.75 Å². The molecule has 1 aromatic rings. The zero-order valence-corrected chi connectivity index (χ0v) is 12.1. The van der Waals surface area contributed by atoms with Crippen molar-refractivity contribution < 1.29 is 9.53 Å². The number of nitrogens with one attached hydrogen (secondary N) is 1. The summed E-state index contributed by atoms with van der Waals surface area (Å²) in [6.45, 7) is 1.64. The lowest BCUT2D eigenvalue weighted by Crippen LogP contribution is -2.56. The van der Waals surface area contributed by atoms with Gasteiger partial charge in [-0.05, 0) is 31.5 Å². The molecule has 1 fully saturated rings. The van der Waals surface area contributed by atoms with Crippen LogP contribution in [0.1, 0.15) is 18.4 Å². The van der Waals surface area contributed by atoms with Crippen molar-refractivity contribution in [3.63, 3.8) is 0 Å². The molecule has 0 bridgehead atoms. The van der Waals surface area contributed by atoms with E-state index in [4.69, 9.17) is 4.74 Å². The van der Waals surface area contributed by atoms with Crippen molar-refractivity contribution in [1.82, 2.24) is 10.2 Å². The maximum atomic E-state index is 12.4. The molecule has 5 heteroatoms. The highest BCUT2D eigenvalue weighted by atomic mass is 16.5. The summed E-state index contributed by atoms with van der Waals surface area (Å²) in [5.41, 5.74) is 0.300. The van der Waals surface area contributed by atoms with Crippen LogP contribution in [0.3, 0.4) is 0 Å². The van der Waals surface area contributed by atoms with Crippen LogP contribution >= 0.6 is 0 Å². The lowest BCUT2D eigenvalue weighted by molar-refractivity contribution is -0.129. The highest BCUT2D eigenvalue weighted by Crippen LogP contribution is 2.29. The van der Waals surface area contributed by atoms with Crippen molar-refractivity contribution in [2.75, 3.05) is 20.1 Å². The minimum Gasteiger partial charge on any atom is -0.480 e. The molecule has 0 aromatic heterocycles. The smallest absolute Gasteiger partial charge is 0.262 e. The second kappa shape index (κ2) is 5.38. The number of benzene rings is 1. The van der Waals surface area contributed by atoms with E-state index in [-0.39, 0.29) is 5.91 Å². The number of fused-ring (bicyclic) bond motifs is 1. The number of likely N-dealkylation sites (tertiary alicyclic amines) is 1. The van der Waals surface area contributed by atoms with Crippen LogP contribution in [-0.2, 0) is 11.2 Å². The van der Waals surface area contributed by atoms with Gasteiger partial charge in [0.25, 0.3) is 5.91 Å². The summed E-state index contributed by atoms with van der Waals surface area (Å²) in [5.74, 6) is 0.587. The molecule has 1 aromatic carbocycles. The minimum absolute atomic E-state index is 0.183. The molecule has 0 saturated carbocycles. The first-order valence-electron chi connectivity index (χ1n) is 7.28. The average Bonchev–Trinajstić information content (AvgIpc) is 2.94. The number of piperidine rings is 1. The van der Waals surface area contributed by atoms with Gasteiger partial charge in [-0.25, -0.2) is 0 Å². The number of nitriles is 1. The van der Waals surface area contributed by atoms with Crippen LogP contribution in [0.4, 0.5) is 0 Å². The number of rotatable bonds is 2. The standard InChI is InChI=1S/C16H19N3O2/c1-19-8-6-16(11-17,7-9-19)18-15(20)14-10-12-4-2-3-5-13(12)21-14/h2-5,14H,6-10H2,1H3,(H,18,20). The van der Waals surface area contributed by atoms with E-state index in [9.17, 15) is 10.1 Å². The van der Waals surface area contributed by atoms with Crippen molar-refractivity contribution in [2.45, 2.75) is 30.9 Å².